The molecule has 0 aliphatic heterocycles. The van der Waals surface area contributed by atoms with Gasteiger partial charge in [0, 0.05) is 13.7 Å². The predicted octanol–water partition coefficient (Wildman–Crippen LogP) is 3.03. The third-order valence-electron chi connectivity index (χ3n) is 2.58. The van der Waals surface area contributed by atoms with Crippen LogP contribution in [0.4, 0.5) is 10.2 Å². The highest BCUT2D eigenvalue weighted by Crippen LogP contribution is 2.15. The molecular weight excluding hydrogens is 269 g/mol. The lowest BCUT2D eigenvalue weighted by molar-refractivity contribution is 0.184. The SMILES string of the molecule is COCc1ccccc1CNc1nc(Cl)ncc1F. The Morgan fingerprint density at radius 2 is 2.05 bits per heavy atom. The topological polar surface area (TPSA) is 47.0 Å². The fourth-order valence-corrected chi connectivity index (χ4v) is 1.81. The molecule has 0 radical (unpaired) electrons. The molecular formula is C13H13ClFN3O. The molecule has 2 rings (SSSR count). The minimum Gasteiger partial charge on any atom is -0.380 e. The van der Waals surface area contributed by atoms with Gasteiger partial charge in [0.15, 0.2) is 11.6 Å². The maximum absolute atomic E-state index is 13.5. The quantitative estimate of drug-likeness (QED) is 0.856. The van der Waals surface area contributed by atoms with E-state index in [4.69, 9.17) is 16.3 Å². The first-order valence-corrected chi connectivity index (χ1v) is 6.06. The van der Waals surface area contributed by atoms with E-state index in [1.807, 2.05) is 24.3 Å². The van der Waals surface area contributed by atoms with Crippen molar-refractivity contribution in [1.82, 2.24) is 9.97 Å². The Kier molecular flexibility index (Phi) is 4.65. The van der Waals surface area contributed by atoms with Crippen LogP contribution < -0.4 is 5.32 Å². The molecule has 4 nitrogen and oxygen atoms in total. The van der Waals surface area contributed by atoms with Crippen LogP contribution in [-0.2, 0) is 17.9 Å². The van der Waals surface area contributed by atoms with E-state index >= 15 is 0 Å². The van der Waals surface area contributed by atoms with Gasteiger partial charge in [-0.15, -0.1) is 0 Å². The van der Waals surface area contributed by atoms with E-state index in [1.54, 1.807) is 7.11 Å². The monoisotopic (exact) mass is 281 g/mol. The van der Waals surface area contributed by atoms with E-state index in [2.05, 4.69) is 15.3 Å². The average Bonchev–Trinajstić information content (AvgIpc) is 2.42. The van der Waals surface area contributed by atoms with E-state index in [0.29, 0.717) is 13.2 Å². The van der Waals surface area contributed by atoms with Gasteiger partial charge in [-0.3, -0.25) is 0 Å². The molecule has 2 aromatic rings. The van der Waals surface area contributed by atoms with Crippen LogP contribution in [0.3, 0.4) is 0 Å². The normalized spacial score (nSPS) is 10.5. The molecule has 0 spiro atoms. The molecule has 0 atom stereocenters. The van der Waals surface area contributed by atoms with Crippen LogP contribution >= 0.6 is 11.6 Å². The van der Waals surface area contributed by atoms with Gasteiger partial charge < -0.3 is 10.1 Å². The summed E-state index contributed by atoms with van der Waals surface area (Å²) < 4.78 is 18.6. The molecule has 1 heterocycles. The number of ether oxygens (including phenoxy) is 1. The molecule has 1 N–H and O–H groups in total. The van der Waals surface area contributed by atoms with Gasteiger partial charge in [-0.05, 0) is 22.7 Å². The largest absolute Gasteiger partial charge is 0.380 e. The molecule has 0 bridgehead atoms. The maximum atomic E-state index is 13.5. The second-order valence-electron chi connectivity index (χ2n) is 3.89. The first-order chi connectivity index (χ1) is 9.20. The number of benzene rings is 1. The first-order valence-electron chi connectivity index (χ1n) is 5.68. The van der Waals surface area contributed by atoms with Crippen LogP contribution in [0.25, 0.3) is 0 Å². The zero-order valence-electron chi connectivity index (χ0n) is 10.4. The number of nitrogens with zero attached hydrogens (tertiary/aromatic N) is 2. The predicted molar refractivity (Wildman–Crippen MR) is 71.5 cm³/mol. The summed E-state index contributed by atoms with van der Waals surface area (Å²) in [5.41, 5.74) is 2.05. The summed E-state index contributed by atoms with van der Waals surface area (Å²) in [6, 6.07) is 7.76. The summed E-state index contributed by atoms with van der Waals surface area (Å²) in [4.78, 5) is 7.36. The van der Waals surface area contributed by atoms with Gasteiger partial charge >= 0.3 is 0 Å². The molecule has 1 aromatic carbocycles. The molecule has 0 amide bonds. The van der Waals surface area contributed by atoms with E-state index in [1.165, 1.54) is 0 Å². The minimum atomic E-state index is -0.534. The van der Waals surface area contributed by atoms with Crippen molar-refractivity contribution >= 4 is 17.4 Å². The standard InChI is InChI=1S/C13H13ClFN3O/c1-19-8-10-5-3-2-4-9(10)6-16-12-11(15)7-17-13(14)18-12/h2-5,7H,6,8H2,1H3,(H,16,17,18). The highest BCUT2D eigenvalue weighted by molar-refractivity contribution is 6.28. The first kappa shape index (κ1) is 13.7. The number of methoxy groups -OCH3 is 1. The molecule has 0 aliphatic rings. The Hall–Kier alpha value is -1.72. The molecule has 0 saturated heterocycles. The van der Waals surface area contributed by atoms with Gasteiger partial charge in [0.25, 0.3) is 0 Å². The molecule has 6 heteroatoms. The van der Waals surface area contributed by atoms with Gasteiger partial charge in [0.05, 0.1) is 12.8 Å². The van der Waals surface area contributed by atoms with Crippen LogP contribution in [0, 0.1) is 5.82 Å². The zero-order chi connectivity index (χ0) is 13.7. The summed E-state index contributed by atoms with van der Waals surface area (Å²) in [7, 11) is 1.63. The van der Waals surface area contributed by atoms with Gasteiger partial charge in [-0.25, -0.2) is 9.37 Å². The summed E-state index contributed by atoms with van der Waals surface area (Å²) in [6.07, 6.45) is 1.04. The Morgan fingerprint density at radius 1 is 1.32 bits per heavy atom. The van der Waals surface area contributed by atoms with Gasteiger partial charge in [0.1, 0.15) is 0 Å². The van der Waals surface area contributed by atoms with Crippen molar-refractivity contribution < 1.29 is 9.13 Å². The Bertz CT molecular complexity index is 565. The van der Waals surface area contributed by atoms with Crippen molar-refractivity contribution in [1.29, 1.82) is 0 Å². The Morgan fingerprint density at radius 3 is 2.79 bits per heavy atom. The van der Waals surface area contributed by atoms with Gasteiger partial charge in [-0.2, -0.15) is 4.98 Å². The Balaban J connectivity index is 2.12. The number of anilines is 1. The molecule has 100 valence electrons. The van der Waals surface area contributed by atoms with Crippen molar-refractivity contribution in [3.63, 3.8) is 0 Å². The number of rotatable bonds is 5. The number of halogens is 2. The van der Waals surface area contributed by atoms with Crippen molar-refractivity contribution in [2.45, 2.75) is 13.2 Å². The second kappa shape index (κ2) is 6.45. The highest BCUT2D eigenvalue weighted by Gasteiger charge is 2.07. The van der Waals surface area contributed by atoms with E-state index in [9.17, 15) is 4.39 Å². The fraction of sp³-hybridized carbons (Fsp3) is 0.231. The van der Waals surface area contributed by atoms with E-state index in [-0.39, 0.29) is 11.1 Å². The van der Waals surface area contributed by atoms with Crippen molar-refractivity contribution in [2.24, 2.45) is 0 Å². The fourth-order valence-electron chi connectivity index (χ4n) is 1.67. The number of aromatic nitrogens is 2. The van der Waals surface area contributed by atoms with Crippen LogP contribution in [0.2, 0.25) is 5.28 Å². The second-order valence-corrected chi connectivity index (χ2v) is 4.23. The summed E-state index contributed by atoms with van der Waals surface area (Å²) in [5.74, 6) is -0.444. The number of hydrogen-bond acceptors (Lipinski definition) is 4. The summed E-state index contributed by atoms with van der Waals surface area (Å²) in [5, 5.41) is 2.91. The van der Waals surface area contributed by atoms with Crippen molar-refractivity contribution in [2.75, 3.05) is 12.4 Å². The Labute approximate surface area is 115 Å². The van der Waals surface area contributed by atoms with Crippen LogP contribution in [0.15, 0.2) is 30.5 Å². The molecule has 0 saturated carbocycles. The lowest BCUT2D eigenvalue weighted by atomic mass is 10.1. The summed E-state index contributed by atoms with van der Waals surface area (Å²) >= 11 is 5.63. The zero-order valence-corrected chi connectivity index (χ0v) is 11.1. The van der Waals surface area contributed by atoms with E-state index < -0.39 is 5.82 Å². The van der Waals surface area contributed by atoms with Crippen molar-refractivity contribution in [3.8, 4) is 0 Å². The smallest absolute Gasteiger partial charge is 0.224 e. The van der Waals surface area contributed by atoms with Gasteiger partial charge in [-0.1, -0.05) is 24.3 Å². The number of nitrogens with one attached hydrogen (secondary N) is 1. The summed E-state index contributed by atoms with van der Waals surface area (Å²) in [6.45, 7) is 0.939. The maximum Gasteiger partial charge on any atom is 0.224 e. The third-order valence-corrected chi connectivity index (χ3v) is 2.76. The highest BCUT2D eigenvalue weighted by atomic mass is 35.5. The van der Waals surface area contributed by atoms with E-state index in [0.717, 1.165) is 17.3 Å². The van der Waals surface area contributed by atoms with Crippen molar-refractivity contribution in [3.05, 3.63) is 52.7 Å². The van der Waals surface area contributed by atoms with Crippen LogP contribution in [0.5, 0.6) is 0 Å². The van der Waals surface area contributed by atoms with Gasteiger partial charge in [0.2, 0.25) is 5.28 Å². The molecule has 19 heavy (non-hydrogen) atoms. The van der Waals surface area contributed by atoms with Crippen LogP contribution in [-0.4, -0.2) is 17.1 Å². The molecule has 0 aliphatic carbocycles. The molecule has 1 aromatic heterocycles. The average molecular weight is 282 g/mol. The number of hydrogen-bond donors (Lipinski definition) is 1. The van der Waals surface area contributed by atoms with Crippen LogP contribution in [0.1, 0.15) is 11.1 Å². The molecule has 0 fully saturated rings. The lowest BCUT2D eigenvalue weighted by Gasteiger charge is -2.10. The third kappa shape index (κ3) is 3.62. The molecule has 0 unspecified atom stereocenters. The minimum absolute atomic E-state index is 0.00840. The lowest BCUT2D eigenvalue weighted by Crippen LogP contribution is -2.07.